The first-order valence-corrected chi connectivity index (χ1v) is 8.98. The minimum atomic E-state index is -1.54. The highest BCUT2D eigenvalue weighted by Crippen LogP contribution is 2.27. The summed E-state index contributed by atoms with van der Waals surface area (Å²) in [6.45, 7) is 12.4. The predicted molar refractivity (Wildman–Crippen MR) is 67.6 cm³/mol. The molecule has 15 heavy (non-hydrogen) atoms. The van der Waals surface area contributed by atoms with Crippen LogP contribution in [0.25, 0.3) is 0 Å². The highest BCUT2D eigenvalue weighted by atomic mass is 28.4. The molecule has 0 aliphatic rings. The molecule has 0 bridgehead atoms. The van der Waals surface area contributed by atoms with Crippen molar-refractivity contribution in [3.8, 4) is 0 Å². The Labute approximate surface area is 94.8 Å². The third-order valence-corrected chi connectivity index (χ3v) is 3.33. The second-order valence-electron chi connectivity index (χ2n) is 5.20. The number of allylic oxidation sites excluding steroid dienone is 1. The van der Waals surface area contributed by atoms with E-state index in [2.05, 4.69) is 33.1 Å². The van der Waals surface area contributed by atoms with Crippen molar-refractivity contribution >= 4 is 14.6 Å². The zero-order valence-corrected chi connectivity index (χ0v) is 11.5. The molecule has 0 aromatic heterocycles. The van der Waals surface area contributed by atoms with Crippen molar-refractivity contribution in [3.05, 3.63) is 12.7 Å². The van der Waals surface area contributed by atoms with Gasteiger partial charge in [0.15, 0.2) is 8.32 Å². The standard InChI is InChI=1S/C12H24O2Si/c1-6-7-9-12(2,10-8-11-13)14-15(3,4)5/h6,11H,1,7-10H2,2-5H3/t12-/m0/s1. The van der Waals surface area contributed by atoms with Crippen molar-refractivity contribution < 1.29 is 9.22 Å². The van der Waals surface area contributed by atoms with Crippen LogP contribution >= 0.6 is 0 Å². The fraction of sp³-hybridized carbons (Fsp3) is 0.750. The second-order valence-corrected chi connectivity index (χ2v) is 9.63. The predicted octanol–water partition coefficient (Wildman–Crippen LogP) is 3.54. The summed E-state index contributed by atoms with van der Waals surface area (Å²) in [6.07, 6.45) is 6.17. The number of hydrogen-bond donors (Lipinski definition) is 0. The minimum Gasteiger partial charge on any atom is -0.412 e. The van der Waals surface area contributed by atoms with Gasteiger partial charge in [0, 0.05) is 6.42 Å². The van der Waals surface area contributed by atoms with E-state index in [1.54, 1.807) is 0 Å². The van der Waals surface area contributed by atoms with Gasteiger partial charge in [-0.25, -0.2) is 0 Å². The molecule has 1 atom stereocenters. The molecule has 0 rings (SSSR count). The van der Waals surface area contributed by atoms with E-state index in [4.69, 9.17) is 4.43 Å². The topological polar surface area (TPSA) is 26.3 Å². The van der Waals surface area contributed by atoms with Gasteiger partial charge in [0.2, 0.25) is 0 Å². The van der Waals surface area contributed by atoms with Crippen molar-refractivity contribution in [1.29, 1.82) is 0 Å². The average molecular weight is 228 g/mol. The first-order valence-electron chi connectivity index (χ1n) is 5.58. The van der Waals surface area contributed by atoms with Crippen LogP contribution in [0.15, 0.2) is 12.7 Å². The van der Waals surface area contributed by atoms with Crippen LogP contribution in [0.3, 0.4) is 0 Å². The van der Waals surface area contributed by atoms with Gasteiger partial charge in [0.1, 0.15) is 6.29 Å². The van der Waals surface area contributed by atoms with Gasteiger partial charge in [-0.1, -0.05) is 6.08 Å². The van der Waals surface area contributed by atoms with Crippen LogP contribution in [0.5, 0.6) is 0 Å². The maximum atomic E-state index is 10.4. The summed E-state index contributed by atoms with van der Waals surface area (Å²) in [5, 5.41) is 0. The third kappa shape index (κ3) is 7.51. The highest BCUT2D eigenvalue weighted by molar-refractivity contribution is 6.69. The van der Waals surface area contributed by atoms with E-state index in [1.807, 2.05) is 6.08 Å². The first-order chi connectivity index (χ1) is 6.83. The smallest absolute Gasteiger partial charge is 0.184 e. The summed E-state index contributed by atoms with van der Waals surface area (Å²) in [4.78, 5) is 10.4. The zero-order chi connectivity index (χ0) is 11.9. The summed E-state index contributed by atoms with van der Waals surface area (Å²) in [5.74, 6) is 0. The Morgan fingerprint density at radius 1 is 1.27 bits per heavy atom. The van der Waals surface area contributed by atoms with Crippen LogP contribution in [0.4, 0.5) is 0 Å². The van der Waals surface area contributed by atoms with Gasteiger partial charge in [0.25, 0.3) is 0 Å². The Bertz CT molecular complexity index is 194. The van der Waals surface area contributed by atoms with Crippen LogP contribution in [-0.4, -0.2) is 20.2 Å². The number of hydrogen-bond acceptors (Lipinski definition) is 2. The number of rotatable bonds is 8. The van der Waals surface area contributed by atoms with Crippen molar-refractivity contribution in [2.75, 3.05) is 0 Å². The van der Waals surface area contributed by atoms with Crippen LogP contribution in [0.1, 0.15) is 32.6 Å². The van der Waals surface area contributed by atoms with Crippen LogP contribution in [-0.2, 0) is 9.22 Å². The lowest BCUT2D eigenvalue weighted by molar-refractivity contribution is -0.108. The van der Waals surface area contributed by atoms with Crippen LogP contribution < -0.4 is 0 Å². The Balaban J connectivity index is 4.38. The largest absolute Gasteiger partial charge is 0.412 e. The first kappa shape index (κ1) is 14.6. The summed E-state index contributed by atoms with van der Waals surface area (Å²) < 4.78 is 6.16. The molecule has 0 saturated heterocycles. The van der Waals surface area contributed by atoms with Crippen molar-refractivity contribution in [1.82, 2.24) is 0 Å². The second kappa shape index (κ2) is 6.23. The molecule has 0 saturated carbocycles. The zero-order valence-electron chi connectivity index (χ0n) is 10.5. The molecule has 0 heterocycles. The van der Waals surface area contributed by atoms with Gasteiger partial charge in [-0.3, -0.25) is 0 Å². The molecular formula is C12H24O2Si. The monoisotopic (exact) mass is 228 g/mol. The Kier molecular flexibility index (Phi) is 6.06. The number of aldehydes is 1. The lowest BCUT2D eigenvalue weighted by Crippen LogP contribution is -2.40. The maximum absolute atomic E-state index is 10.4. The molecule has 0 aromatic rings. The summed E-state index contributed by atoms with van der Waals surface area (Å²) in [6, 6.07) is 0. The molecule has 0 aliphatic carbocycles. The SMILES string of the molecule is C=CCC[C@@](C)(CCC=O)O[Si](C)(C)C. The lowest BCUT2D eigenvalue weighted by Gasteiger charge is -2.36. The van der Waals surface area contributed by atoms with Crippen LogP contribution in [0.2, 0.25) is 19.6 Å². The maximum Gasteiger partial charge on any atom is 0.184 e. The summed E-state index contributed by atoms with van der Waals surface area (Å²) >= 11 is 0. The molecule has 0 spiro atoms. The minimum absolute atomic E-state index is 0.153. The van der Waals surface area contributed by atoms with E-state index in [0.29, 0.717) is 6.42 Å². The fourth-order valence-corrected chi connectivity index (χ4v) is 3.42. The Morgan fingerprint density at radius 3 is 2.20 bits per heavy atom. The van der Waals surface area contributed by atoms with Crippen molar-refractivity contribution in [2.45, 2.75) is 57.8 Å². The normalized spacial score (nSPS) is 15.7. The van der Waals surface area contributed by atoms with Gasteiger partial charge < -0.3 is 9.22 Å². The van der Waals surface area contributed by atoms with E-state index in [0.717, 1.165) is 25.5 Å². The van der Waals surface area contributed by atoms with E-state index < -0.39 is 8.32 Å². The average Bonchev–Trinajstić information content (AvgIpc) is 2.09. The molecule has 3 heteroatoms. The lowest BCUT2D eigenvalue weighted by atomic mass is 9.95. The quantitative estimate of drug-likeness (QED) is 0.361. The molecule has 0 radical (unpaired) electrons. The Hall–Kier alpha value is -0.413. The van der Waals surface area contributed by atoms with Crippen molar-refractivity contribution in [2.24, 2.45) is 0 Å². The van der Waals surface area contributed by atoms with Gasteiger partial charge >= 0.3 is 0 Å². The Morgan fingerprint density at radius 2 is 1.80 bits per heavy atom. The molecule has 2 nitrogen and oxygen atoms in total. The third-order valence-electron chi connectivity index (χ3n) is 2.22. The summed E-state index contributed by atoms with van der Waals surface area (Å²) in [5.41, 5.74) is -0.153. The van der Waals surface area contributed by atoms with E-state index >= 15 is 0 Å². The highest BCUT2D eigenvalue weighted by Gasteiger charge is 2.30. The summed E-state index contributed by atoms with van der Waals surface area (Å²) in [7, 11) is -1.54. The van der Waals surface area contributed by atoms with Gasteiger partial charge in [-0.05, 0) is 45.8 Å². The van der Waals surface area contributed by atoms with Gasteiger partial charge in [-0.2, -0.15) is 0 Å². The fourth-order valence-electron chi connectivity index (χ4n) is 1.74. The van der Waals surface area contributed by atoms with E-state index in [1.165, 1.54) is 0 Å². The molecule has 0 fully saturated rings. The van der Waals surface area contributed by atoms with Gasteiger partial charge in [-0.15, -0.1) is 6.58 Å². The molecule has 0 N–H and O–H groups in total. The van der Waals surface area contributed by atoms with E-state index in [-0.39, 0.29) is 5.60 Å². The molecule has 88 valence electrons. The molecule has 0 unspecified atom stereocenters. The molecule has 0 amide bonds. The molecule has 0 aromatic carbocycles. The number of carbonyl (C=O) groups excluding carboxylic acids is 1. The van der Waals surface area contributed by atoms with Crippen molar-refractivity contribution in [3.63, 3.8) is 0 Å². The van der Waals surface area contributed by atoms with Crippen LogP contribution in [0, 0.1) is 0 Å². The molecule has 0 aliphatic heterocycles. The van der Waals surface area contributed by atoms with Gasteiger partial charge in [0.05, 0.1) is 5.60 Å². The number of carbonyl (C=O) groups is 1. The molecular weight excluding hydrogens is 204 g/mol. The van der Waals surface area contributed by atoms with E-state index in [9.17, 15) is 4.79 Å².